The average Bonchev–Trinajstić information content (AvgIpc) is 3.82. The van der Waals surface area contributed by atoms with E-state index in [2.05, 4.69) is 20.1 Å². The first-order valence-corrected chi connectivity index (χ1v) is 22.1. The van der Waals surface area contributed by atoms with Gasteiger partial charge in [0.1, 0.15) is 0 Å². The summed E-state index contributed by atoms with van der Waals surface area (Å²) in [4.78, 5) is 0.625. The first-order valence-electron chi connectivity index (χ1n) is 18.8. The van der Waals surface area contributed by atoms with Crippen molar-refractivity contribution in [2.45, 2.75) is 124 Å². The van der Waals surface area contributed by atoms with E-state index in [1.165, 1.54) is 0 Å². The number of hydrogen-bond acceptors (Lipinski definition) is 11. The summed E-state index contributed by atoms with van der Waals surface area (Å²) >= 11 is 0. The lowest BCUT2D eigenvalue weighted by atomic mass is 9.87. The van der Waals surface area contributed by atoms with Gasteiger partial charge in [-0.3, -0.25) is 0 Å². The van der Waals surface area contributed by atoms with E-state index >= 15 is 0 Å². The van der Waals surface area contributed by atoms with Crippen LogP contribution in [0.25, 0.3) is 0 Å². The zero-order valence-corrected chi connectivity index (χ0v) is 33.8. The summed E-state index contributed by atoms with van der Waals surface area (Å²) in [5.74, 6) is -1.78. The van der Waals surface area contributed by atoms with E-state index in [0.717, 1.165) is 0 Å². The van der Waals surface area contributed by atoms with E-state index in [9.17, 15) is 21.9 Å². The highest BCUT2D eigenvalue weighted by Gasteiger charge is 2.48. The number of ether oxygens (including phenoxy) is 6. The van der Waals surface area contributed by atoms with Gasteiger partial charge in [0.2, 0.25) is 0 Å². The fourth-order valence-electron chi connectivity index (χ4n) is 7.92. The Bertz CT molecular complexity index is 1620. The van der Waals surface area contributed by atoms with Crippen molar-refractivity contribution in [2.24, 2.45) is 17.8 Å². The van der Waals surface area contributed by atoms with Gasteiger partial charge in [-0.05, 0) is 70.7 Å². The zero-order valence-electron chi connectivity index (χ0n) is 32.1. The molecule has 4 heterocycles. The summed E-state index contributed by atoms with van der Waals surface area (Å²) in [7, 11) is -6.89. The van der Waals surface area contributed by atoms with Gasteiger partial charge in [-0.1, -0.05) is 55.5 Å². The predicted octanol–water partition coefficient (Wildman–Crippen LogP) is 5.92. The minimum absolute atomic E-state index is 0.0266. The second-order valence-corrected chi connectivity index (χ2v) is 19.8. The van der Waals surface area contributed by atoms with Crippen molar-refractivity contribution < 1.29 is 50.4 Å². The van der Waals surface area contributed by atoms with Crippen LogP contribution in [0.15, 0.2) is 95.8 Å². The number of aliphatic hydroxyl groups is 1. The Labute approximate surface area is 321 Å². The molecule has 4 saturated heterocycles. The van der Waals surface area contributed by atoms with Gasteiger partial charge in [0.05, 0.1) is 77.2 Å². The van der Waals surface area contributed by atoms with Crippen LogP contribution < -0.4 is 0 Å². The molecule has 2 aromatic rings. The van der Waals surface area contributed by atoms with Crippen molar-refractivity contribution in [2.75, 3.05) is 24.7 Å². The van der Waals surface area contributed by atoms with E-state index in [1.54, 1.807) is 66.7 Å². The number of benzene rings is 2. The maximum absolute atomic E-state index is 12.9. The lowest BCUT2D eigenvalue weighted by Crippen LogP contribution is -2.35. The van der Waals surface area contributed by atoms with Gasteiger partial charge >= 0.3 is 0 Å². The highest BCUT2D eigenvalue weighted by atomic mass is 32.2. The molecular formula is C41H58O11S2. The van der Waals surface area contributed by atoms with Gasteiger partial charge in [0.15, 0.2) is 31.2 Å². The minimum Gasteiger partial charge on any atom is -0.390 e. The molecule has 0 amide bonds. The molecule has 0 bridgehead atoms. The third kappa shape index (κ3) is 10.9. The third-order valence-corrected chi connectivity index (χ3v) is 14.3. The average molecular weight is 791 g/mol. The largest absolute Gasteiger partial charge is 0.390 e. The molecule has 4 aliphatic heterocycles. The molecule has 6 rings (SSSR count). The Morgan fingerprint density at radius 2 is 1.07 bits per heavy atom. The van der Waals surface area contributed by atoms with E-state index < -0.39 is 55.5 Å². The van der Waals surface area contributed by atoms with Crippen LogP contribution in [-0.4, -0.2) is 101 Å². The van der Waals surface area contributed by atoms with E-state index in [-0.39, 0.29) is 52.7 Å². The van der Waals surface area contributed by atoms with Crippen molar-refractivity contribution in [3.63, 3.8) is 0 Å². The van der Waals surface area contributed by atoms with Crippen LogP contribution in [-0.2, 0) is 48.1 Å². The summed E-state index contributed by atoms with van der Waals surface area (Å²) in [6.45, 7) is 18.1. The van der Waals surface area contributed by atoms with Crippen molar-refractivity contribution in [1.29, 1.82) is 0 Å². The fourth-order valence-corrected chi connectivity index (χ4v) is 11.4. The van der Waals surface area contributed by atoms with Gasteiger partial charge in [0.25, 0.3) is 0 Å². The molecular weight excluding hydrogens is 733 g/mol. The number of rotatable bonds is 14. The first kappa shape index (κ1) is 42.7. The van der Waals surface area contributed by atoms with Crippen molar-refractivity contribution in [3.8, 4) is 0 Å². The lowest BCUT2D eigenvalue weighted by Gasteiger charge is -2.22. The molecule has 0 aromatic heterocycles. The van der Waals surface area contributed by atoms with Crippen molar-refractivity contribution >= 4 is 19.7 Å². The number of sulfone groups is 2. The molecule has 11 nitrogen and oxygen atoms in total. The molecule has 10 atom stereocenters. The van der Waals surface area contributed by atoms with Crippen LogP contribution in [0.3, 0.4) is 0 Å². The summed E-state index contributed by atoms with van der Waals surface area (Å²) in [5.41, 5.74) is 0. The molecule has 0 aliphatic carbocycles. The molecule has 4 fully saturated rings. The summed E-state index contributed by atoms with van der Waals surface area (Å²) < 4.78 is 86.6. The first-order chi connectivity index (χ1) is 25.4. The summed E-state index contributed by atoms with van der Waals surface area (Å²) in [6, 6.07) is 16.9. The maximum Gasteiger partial charge on any atom is 0.178 e. The Hall–Kier alpha value is -2.46. The molecule has 2 aromatic carbocycles. The van der Waals surface area contributed by atoms with Crippen LogP contribution in [0.4, 0.5) is 0 Å². The normalized spacial score (nSPS) is 33.2. The Balaban J connectivity index is 0.000000208. The zero-order chi connectivity index (χ0) is 39.3. The molecule has 0 radical (unpaired) electrons. The predicted molar refractivity (Wildman–Crippen MR) is 205 cm³/mol. The molecule has 2 unspecified atom stereocenters. The van der Waals surface area contributed by atoms with E-state index in [0.29, 0.717) is 43.8 Å². The molecule has 13 heteroatoms. The van der Waals surface area contributed by atoms with Gasteiger partial charge in [-0.2, -0.15) is 0 Å². The quantitative estimate of drug-likeness (QED) is 0.228. The van der Waals surface area contributed by atoms with Gasteiger partial charge in [0, 0.05) is 24.7 Å². The Morgan fingerprint density at radius 3 is 1.50 bits per heavy atom. The lowest BCUT2D eigenvalue weighted by molar-refractivity contribution is -0.144. The Kier molecular flexibility index (Phi) is 14.0. The topological polar surface area (TPSA) is 144 Å². The van der Waals surface area contributed by atoms with Crippen molar-refractivity contribution in [1.82, 2.24) is 0 Å². The summed E-state index contributed by atoms with van der Waals surface area (Å²) in [6.07, 6.45) is 3.62. The van der Waals surface area contributed by atoms with Crippen LogP contribution >= 0.6 is 0 Å². The smallest absolute Gasteiger partial charge is 0.178 e. The van der Waals surface area contributed by atoms with Gasteiger partial charge < -0.3 is 33.5 Å². The third-order valence-electron chi connectivity index (χ3n) is 10.7. The number of hydrogen-bond donors (Lipinski definition) is 1. The van der Waals surface area contributed by atoms with Gasteiger partial charge in [-0.15, -0.1) is 13.2 Å². The molecule has 0 saturated carbocycles. The molecule has 300 valence electrons. The van der Waals surface area contributed by atoms with Gasteiger partial charge in [-0.25, -0.2) is 16.8 Å². The minimum atomic E-state index is -3.53. The second kappa shape index (κ2) is 17.8. The number of aliphatic hydroxyl groups excluding tert-OH is 1. The van der Waals surface area contributed by atoms with Crippen molar-refractivity contribution in [3.05, 3.63) is 86.0 Å². The monoisotopic (exact) mass is 790 g/mol. The van der Waals surface area contributed by atoms with Crippen LogP contribution in [0.1, 0.15) is 60.3 Å². The summed E-state index contributed by atoms with van der Waals surface area (Å²) in [5, 5.41) is 10.8. The standard InChI is InChI=1S/C21H30O5S.C20H28O6S/c1-5-9-19-18(14-27(22,23)17-10-7-6-8-11-17)15(2)20(25-19)12-16-13-24-21(3,4)26-16;1-4-8-17-16(13-27(22,23)15-9-6-5-7-10-15)19(21)18(25-17)11-14-12-24-20(2,3)26-14/h5-8,10-11,15-16,18-20H,1,9,12-14H2,2-4H3;4-7,9-10,14,16-19,21H,1,8,11-13H2,2-3H3/t15-,16?,18-,19+,20-;14?,16-,17-,18+,19+/m10/s1. The second-order valence-electron chi connectivity index (χ2n) is 15.7. The maximum atomic E-state index is 12.9. The van der Waals surface area contributed by atoms with Crippen LogP contribution in [0.2, 0.25) is 0 Å². The van der Waals surface area contributed by atoms with E-state index in [4.69, 9.17) is 28.4 Å². The fraction of sp³-hybridized carbons (Fsp3) is 0.610. The molecule has 4 aliphatic rings. The van der Waals surface area contributed by atoms with Crippen LogP contribution in [0, 0.1) is 17.8 Å². The highest BCUT2D eigenvalue weighted by Crippen LogP contribution is 2.40. The van der Waals surface area contributed by atoms with E-state index in [1.807, 2.05) is 33.8 Å². The van der Waals surface area contributed by atoms with Crippen LogP contribution in [0.5, 0.6) is 0 Å². The molecule has 1 N–H and O–H groups in total. The molecule has 0 spiro atoms. The molecule has 54 heavy (non-hydrogen) atoms. The Morgan fingerprint density at radius 1 is 0.667 bits per heavy atom. The SMILES string of the molecule is C=CC[C@@H]1O[C@H](CC2COC(C)(C)O2)[C@H](C)[C@H]1CS(=O)(=O)c1ccccc1.C=CC[C@@H]1O[C@H](CC2COC(C)(C)O2)[C@H](O)[C@H]1CS(=O)(=O)c1ccccc1. The highest BCUT2D eigenvalue weighted by molar-refractivity contribution is 7.91.